The zero-order chi connectivity index (χ0) is 15.0. The topological polar surface area (TPSA) is 66.8 Å². The second kappa shape index (κ2) is 5.63. The Morgan fingerprint density at radius 2 is 2.20 bits per heavy atom. The number of sulfonamides is 1. The number of rotatable bonds is 4. The van der Waals surface area contributed by atoms with Crippen LogP contribution in [0.4, 0.5) is 0 Å². The maximum Gasteiger partial charge on any atom is 0.246 e. The van der Waals surface area contributed by atoms with Crippen molar-refractivity contribution in [1.29, 1.82) is 0 Å². The van der Waals surface area contributed by atoms with Crippen LogP contribution in [0, 0.1) is 0 Å². The van der Waals surface area contributed by atoms with Gasteiger partial charge in [-0.05, 0) is 38.5 Å². The summed E-state index contributed by atoms with van der Waals surface area (Å²) in [5.74, 6) is 0.335. The van der Waals surface area contributed by atoms with Crippen LogP contribution in [0.1, 0.15) is 20.3 Å². The lowest BCUT2D eigenvalue weighted by Crippen LogP contribution is -2.34. The summed E-state index contributed by atoms with van der Waals surface area (Å²) in [6, 6.07) is 4.91. The molecule has 1 unspecified atom stereocenters. The maximum atomic E-state index is 12.7. The van der Waals surface area contributed by atoms with Gasteiger partial charge in [-0.3, -0.25) is 0 Å². The predicted molar refractivity (Wildman–Crippen MR) is 79.3 cm³/mol. The Labute approximate surface area is 127 Å². The van der Waals surface area contributed by atoms with Crippen LogP contribution in [-0.2, 0) is 10.0 Å². The number of ether oxygens (including phenoxy) is 1. The highest BCUT2D eigenvalue weighted by Gasteiger charge is 2.39. The van der Waals surface area contributed by atoms with Crippen LogP contribution >= 0.6 is 15.9 Å². The van der Waals surface area contributed by atoms with E-state index in [-0.39, 0.29) is 11.4 Å². The van der Waals surface area contributed by atoms with Crippen molar-refractivity contribution in [3.63, 3.8) is 0 Å². The van der Waals surface area contributed by atoms with Crippen LogP contribution in [0.15, 0.2) is 27.6 Å². The van der Waals surface area contributed by atoms with Gasteiger partial charge in [0.25, 0.3) is 0 Å². The number of aliphatic hydroxyl groups is 1. The van der Waals surface area contributed by atoms with Crippen LogP contribution < -0.4 is 4.74 Å². The molecular formula is C13H18BrNO4S. The van der Waals surface area contributed by atoms with Crippen molar-refractivity contribution in [1.82, 2.24) is 4.31 Å². The molecule has 112 valence electrons. The van der Waals surface area contributed by atoms with E-state index >= 15 is 0 Å². The van der Waals surface area contributed by atoms with E-state index in [0.717, 1.165) is 0 Å². The molecule has 5 nitrogen and oxygen atoms in total. The van der Waals surface area contributed by atoms with E-state index in [1.54, 1.807) is 26.0 Å². The van der Waals surface area contributed by atoms with Crippen molar-refractivity contribution in [2.45, 2.75) is 30.8 Å². The Kier molecular flexibility index (Phi) is 4.44. The molecule has 1 heterocycles. The first-order valence-electron chi connectivity index (χ1n) is 6.41. The van der Waals surface area contributed by atoms with E-state index < -0.39 is 15.6 Å². The molecule has 0 aliphatic carbocycles. The summed E-state index contributed by atoms with van der Waals surface area (Å²) in [5.41, 5.74) is -0.967. The number of hydrogen-bond acceptors (Lipinski definition) is 4. The van der Waals surface area contributed by atoms with Gasteiger partial charge in [0.1, 0.15) is 10.6 Å². The molecule has 0 spiro atoms. The molecule has 1 aliphatic rings. The molecule has 0 aromatic heterocycles. The Balaban J connectivity index is 2.41. The standard InChI is InChI=1S/C13H18BrNO4S/c1-3-19-11-5-4-10(14)8-12(11)20(17,18)15-7-6-13(2,16)9-15/h4-5,8,16H,3,6-7,9H2,1-2H3. The van der Waals surface area contributed by atoms with Crippen LogP contribution in [0.3, 0.4) is 0 Å². The first-order chi connectivity index (χ1) is 9.26. The highest BCUT2D eigenvalue weighted by molar-refractivity contribution is 9.10. The number of halogens is 1. The second-order valence-electron chi connectivity index (χ2n) is 5.11. The third-order valence-electron chi connectivity index (χ3n) is 3.24. The SMILES string of the molecule is CCOc1ccc(Br)cc1S(=O)(=O)N1CCC(C)(O)C1. The van der Waals surface area contributed by atoms with E-state index in [2.05, 4.69) is 15.9 Å². The van der Waals surface area contributed by atoms with Crippen molar-refractivity contribution in [3.05, 3.63) is 22.7 Å². The van der Waals surface area contributed by atoms with Crippen LogP contribution in [0.2, 0.25) is 0 Å². The third kappa shape index (κ3) is 3.16. The summed E-state index contributed by atoms with van der Waals surface area (Å²) < 4.78 is 32.7. The fourth-order valence-corrected chi connectivity index (χ4v) is 4.43. The molecule has 1 saturated heterocycles. The van der Waals surface area contributed by atoms with Gasteiger partial charge in [-0.25, -0.2) is 8.42 Å². The highest BCUT2D eigenvalue weighted by atomic mass is 79.9. The molecule has 1 aromatic rings. The summed E-state index contributed by atoms with van der Waals surface area (Å²) in [6.07, 6.45) is 0.435. The Morgan fingerprint density at radius 1 is 1.50 bits per heavy atom. The quantitative estimate of drug-likeness (QED) is 0.888. The number of benzene rings is 1. The van der Waals surface area contributed by atoms with Crippen molar-refractivity contribution in [3.8, 4) is 5.75 Å². The zero-order valence-corrected chi connectivity index (χ0v) is 13.9. The molecule has 0 radical (unpaired) electrons. The van der Waals surface area contributed by atoms with Gasteiger partial charge in [0.2, 0.25) is 10.0 Å². The minimum atomic E-state index is -3.67. The Morgan fingerprint density at radius 3 is 2.75 bits per heavy atom. The Bertz CT molecular complexity index is 600. The molecule has 20 heavy (non-hydrogen) atoms. The summed E-state index contributed by atoms with van der Waals surface area (Å²) in [4.78, 5) is 0.131. The number of hydrogen-bond donors (Lipinski definition) is 1. The fourth-order valence-electron chi connectivity index (χ4n) is 2.21. The summed E-state index contributed by atoms with van der Waals surface area (Å²) in [5, 5.41) is 9.96. The lowest BCUT2D eigenvalue weighted by atomic mass is 10.1. The van der Waals surface area contributed by atoms with Crippen LogP contribution in [-0.4, -0.2) is 43.1 Å². The third-order valence-corrected chi connectivity index (χ3v) is 5.60. The molecule has 0 saturated carbocycles. The van der Waals surface area contributed by atoms with Gasteiger partial charge < -0.3 is 9.84 Å². The molecule has 0 bridgehead atoms. The summed E-state index contributed by atoms with van der Waals surface area (Å²) in [7, 11) is -3.67. The normalized spacial score (nSPS) is 24.0. The molecule has 1 aromatic carbocycles. The molecule has 1 fully saturated rings. The van der Waals surface area contributed by atoms with Crippen LogP contribution in [0.25, 0.3) is 0 Å². The molecule has 1 atom stereocenters. The van der Waals surface area contributed by atoms with Gasteiger partial charge in [0, 0.05) is 17.6 Å². The van der Waals surface area contributed by atoms with Crippen molar-refractivity contribution in [2.24, 2.45) is 0 Å². The van der Waals surface area contributed by atoms with Crippen molar-refractivity contribution >= 4 is 26.0 Å². The minimum absolute atomic E-state index is 0.105. The molecule has 1 N–H and O–H groups in total. The minimum Gasteiger partial charge on any atom is -0.492 e. The highest BCUT2D eigenvalue weighted by Crippen LogP contribution is 2.33. The van der Waals surface area contributed by atoms with Crippen molar-refractivity contribution in [2.75, 3.05) is 19.7 Å². The van der Waals surface area contributed by atoms with Gasteiger partial charge in [0.15, 0.2) is 0 Å². The van der Waals surface area contributed by atoms with Gasteiger partial charge >= 0.3 is 0 Å². The molecule has 2 rings (SSSR count). The maximum absolute atomic E-state index is 12.7. The van der Waals surface area contributed by atoms with Crippen molar-refractivity contribution < 1.29 is 18.3 Å². The molecule has 0 amide bonds. The second-order valence-corrected chi connectivity index (χ2v) is 7.93. The average Bonchev–Trinajstić information content (AvgIpc) is 2.73. The number of β-amino-alcohol motifs (C(OH)–C–C–N with tert-alkyl or cyclic N) is 1. The number of nitrogens with zero attached hydrogens (tertiary/aromatic N) is 1. The van der Waals surface area contributed by atoms with E-state index in [0.29, 0.717) is 29.8 Å². The summed E-state index contributed by atoms with van der Waals surface area (Å²) in [6.45, 7) is 4.26. The molecule has 1 aliphatic heterocycles. The van der Waals surface area contributed by atoms with Gasteiger partial charge in [-0.1, -0.05) is 15.9 Å². The van der Waals surface area contributed by atoms with Gasteiger partial charge in [-0.2, -0.15) is 4.31 Å². The first kappa shape index (κ1) is 15.8. The molecule has 7 heteroatoms. The lowest BCUT2D eigenvalue weighted by molar-refractivity contribution is 0.0762. The fraction of sp³-hybridized carbons (Fsp3) is 0.538. The monoisotopic (exact) mass is 363 g/mol. The van der Waals surface area contributed by atoms with Crippen LogP contribution in [0.5, 0.6) is 5.75 Å². The average molecular weight is 364 g/mol. The first-order valence-corrected chi connectivity index (χ1v) is 8.64. The smallest absolute Gasteiger partial charge is 0.246 e. The van der Waals surface area contributed by atoms with Gasteiger partial charge in [-0.15, -0.1) is 0 Å². The lowest BCUT2D eigenvalue weighted by Gasteiger charge is -2.20. The zero-order valence-electron chi connectivity index (χ0n) is 11.5. The largest absolute Gasteiger partial charge is 0.492 e. The Hall–Kier alpha value is -0.630. The van der Waals surface area contributed by atoms with E-state index in [1.807, 2.05) is 0 Å². The predicted octanol–water partition coefficient (Wildman–Crippen LogP) is 1.99. The van der Waals surface area contributed by atoms with E-state index in [4.69, 9.17) is 4.74 Å². The molecular weight excluding hydrogens is 346 g/mol. The summed E-state index contributed by atoms with van der Waals surface area (Å²) >= 11 is 3.28. The van der Waals surface area contributed by atoms with E-state index in [1.165, 1.54) is 10.4 Å². The van der Waals surface area contributed by atoms with Gasteiger partial charge in [0.05, 0.1) is 12.2 Å². The van der Waals surface area contributed by atoms with E-state index in [9.17, 15) is 13.5 Å².